The molecule has 110 valence electrons. The van der Waals surface area contributed by atoms with Crippen molar-refractivity contribution in [2.45, 2.75) is 0 Å². The van der Waals surface area contributed by atoms with E-state index in [0.29, 0.717) is 11.4 Å². The van der Waals surface area contributed by atoms with Crippen LogP contribution in [0.5, 0.6) is 0 Å². The van der Waals surface area contributed by atoms with Gasteiger partial charge in [0, 0.05) is 11.4 Å². The second-order valence-electron chi connectivity index (χ2n) is 3.48. The lowest BCUT2D eigenvalue weighted by Gasteiger charge is -2.09. The zero-order chi connectivity index (χ0) is 14.8. The van der Waals surface area contributed by atoms with Gasteiger partial charge in [0.15, 0.2) is 0 Å². The van der Waals surface area contributed by atoms with Crippen LogP contribution in [0.15, 0.2) is 24.3 Å². The van der Waals surface area contributed by atoms with Crippen LogP contribution in [0.2, 0.25) is 0 Å². The second kappa shape index (κ2) is 9.28. The predicted octanol–water partition coefficient (Wildman–Crippen LogP) is 3.26. The molecule has 20 heavy (non-hydrogen) atoms. The number of benzene rings is 1. The molecule has 0 spiro atoms. The highest BCUT2D eigenvalue weighted by molar-refractivity contribution is 6.18. The van der Waals surface area contributed by atoms with Crippen LogP contribution < -0.4 is 10.6 Å². The molecule has 0 heterocycles. The van der Waals surface area contributed by atoms with Crippen LogP contribution in [0.1, 0.15) is 0 Å². The van der Waals surface area contributed by atoms with Crippen molar-refractivity contribution in [3.63, 3.8) is 0 Å². The highest BCUT2D eigenvalue weighted by atomic mass is 35.5. The Labute approximate surface area is 126 Å². The molecule has 8 heteroatoms. The number of halogens is 2. The minimum Gasteiger partial charge on any atom is -0.448 e. The molecule has 1 rings (SSSR count). The largest absolute Gasteiger partial charge is 0.448 e. The van der Waals surface area contributed by atoms with Gasteiger partial charge in [-0.15, -0.1) is 23.2 Å². The van der Waals surface area contributed by atoms with Gasteiger partial charge in [-0.05, 0) is 18.2 Å². The highest BCUT2D eigenvalue weighted by Gasteiger charge is 2.06. The molecule has 1 aromatic rings. The first-order chi connectivity index (χ1) is 9.65. The Morgan fingerprint density at radius 3 is 1.80 bits per heavy atom. The van der Waals surface area contributed by atoms with Crippen LogP contribution in [0.3, 0.4) is 0 Å². The number of anilines is 2. The third kappa shape index (κ3) is 6.49. The monoisotopic (exact) mass is 320 g/mol. The quantitative estimate of drug-likeness (QED) is 0.789. The number of carbonyl (C=O) groups is 2. The van der Waals surface area contributed by atoms with Crippen molar-refractivity contribution in [2.75, 3.05) is 35.6 Å². The number of hydrogen-bond donors (Lipinski definition) is 2. The van der Waals surface area contributed by atoms with Gasteiger partial charge in [-0.2, -0.15) is 0 Å². The van der Waals surface area contributed by atoms with Crippen molar-refractivity contribution in [1.82, 2.24) is 0 Å². The first-order valence-corrected chi connectivity index (χ1v) is 6.82. The number of carbonyl (C=O) groups excluding carboxylic acids is 2. The summed E-state index contributed by atoms with van der Waals surface area (Å²) in [5, 5.41) is 5.00. The minimum atomic E-state index is -0.618. The Bertz CT molecular complexity index is 420. The number of rotatable bonds is 6. The summed E-state index contributed by atoms with van der Waals surface area (Å²) in [5.74, 6) is 0.447. The van der Waals surface area contributed by atoms with Crippen molar-refractivity contribution < 1.29 is 19.1 Å². The summed E-state index contributed by atoms with van der Waals surface area (Å²) in [5.41, 5.74) is 0.944. The van der Waals surface area contributed by atoms with Gasteiger partial charge in [0.05, 0.1) is 11.8 Å². The van der Waals surface area contributed by atoms with Crippen molar-refractivity contribution in [2.24, 2.45) is 0 Å². The highest BCUT2D eigenvalue weighted by Crippen LogP contribution is 2.15. The van der Waals surface area contributed by atoms with Crippen LogP contribution in [0, 0.1) is 0 Å². The van der Waals surface area contributed by atoms with Gasteiger partial charge in [0.1, 0.15) is 13.2 Å². The molecule has 1 aromatic carbocycles. The van der Waals surface area contributed by atoms with Gasteiger partial charge in [-0.25, -0.2) is 9.59 Å². The van der Waals surface area contributed by atoms with Crippen molar-refractivity contribution in [3.8, 4) is 0 Å². The molecule has 0 unspecified atom stereocenters. The van der Waals surface area contributed by atoms with Crippen LogP contribution in [-0.4, -0.2) is 37.2 Å². The number of nitrogens with one attached hydrogen (secondary N) is 2. The maximum absolute atomic E-state index is 11.3. The number of hydrogen-bond acceptors (Lipinski definition) is 4. The fourth-order valence-corrected chi connectivity index (χ4v) is 1.40. The van der Waals surface area contributed by atoms with Crippen LogP contribution in [0.25, 0.3) is 0 Å². The first kappa shape index (κ1) is 16.4. The van der Waals surface area contributed by atoms with E-state index in [2.05, 4.69) is 10.6 Å². The molecule has 0 saturated carbocycles. The molecule has 0 aromatic heterocycles. The molecule has 0 radical (unpaired) electrons. The van der Waals surface area contributed by atoms with E-state index in [1.54, 1.807) is 24.3 Å². The summed E-state index contributed by atoms with van der Waals surface area (Å²) in [4.78, 5) is 22.7. The SMILES string of the molecule is O=C(Nc1cccc(NC(=O)OCCCl)c1)OCCCl. The van der Waals surface area contributed by atoms with Gasteiger partial charge >= 0.3 is 12.2 Å². The molecule has 0 aliphatic rings. The maximum Gasteiger partial charge on any atom is 0.411 e. The molecule has 0 aliphatic heterocycles. The average Bonchev–Trinajstić information content (AvgIpc) is 2.43. The van der Waals surface area contributed by atoms with Crippen molar-refractivity contribution in [3.05, 3.63) is 24.3 Å². The van der Waals surface area contributed by atoms with E-state index in [4.69, 9.17) is 32.7 Å². The molecule has 0 fully saturated rings. The second-order valence-corrected chi connectivity index (χ2v) is 4.24. The van der Waals surface area contributed by atoms with E-state index < -0.39 is 12.2 Å². The molecule has 2 N–H and O–H groups in total. The fraction of sp³-hybridized carbons (Fsp3) is 0.333. The molecular weight excluding hydrogens is 307 g/mol. The van der Waals surface area contributed by atoms with Crippen LogP contribution in [-0.2, 0) is 9.47 Å². The third-order valence-corrected chi connectivity index (χ3v) is 2.28. The van der Waals surface area contributed by atoms with Gasteiger partial charge in [0.2, 0.25) is 0 Å². The molecule has 0 bridgehead atoms. The predicted molar refractivity (Wildman–Crippen MR) is 77.8 cm³/mol. The summed E-state index contributed by atoms with van der Waals surface area (Å²) in [6, 6.07) is 6.52. The number of alkyl halides is 2. The molecule has 2 amide bonds. The summed E-state index contributed by atoms with van der Waals surface area (Å²) in [7, 11) is 0. The average molecular weight is 321 g/mol. The first-order valence-electron chi connectivity index (χ1n) is 5.75. The van der Waals surface area contributed by atoms with Crippen molar-refractivity contribution in [1.29, 1.82) is 0 Å². The standard InChI is InChI=1S/C12H14Cl2N2O4/c13-4-6-19-11(17)15-9-2-1-3-10(8-9)16-12(18)20-7-5-14/h1-3,8H,4-7H2,(H,15,17)(H,16,18). The van der Waals surface area contributed by atoms with Crippen molar-refractivity contribution >= 4 is 46.8 Å². The van der Waals surface area contributed by atoms with Gasteiger partial charge in [-0.1, -0.05) is 6.07 Å². The van der Waals surface area contributed by atoms with E-state index >= 15 is 0 Å². The van der Waals surface area contributed by atoms with Gasteiger partial charge in [-0.3, -0.25) is 10.6 Å². The Morgan fingerprint density at radius 1 is 0.950 bits per heavy atom. The Morgan fingerprint density at radius 2 is 1.40 bits per heavy atom. The summed E-state index contributed by atoms with van der Waals surface area (Å²) >= 11 is 10.8. The Balaban J connectivity index is 2.52. The Hall–Kier alpha value is -1.66. The van der Waals surface area contributed by atoms with Gasteiger partial charge < -0.3 is 9.47 Å². The van der Waals surface area contributed by atoms with E-state index in [9.17, 15) is 9.59 Å². The van der Waals surface area contributed by atoms with Crippen LogP contribution in [0.4, 0.5) is 21.0 Å². The smallest absolute Gasteiger partial charge is 0.411 e. The lowest BCUT2D eigenvalue weighted by molar-refractivity contribution is 0.168. The third-order valence-electron chi connectivity index (χ3n) is 1.98. The van der Waals surface area contributed by atoms with E-state index in [1.165, 1.54) is 0 Å². The minimum absolute atomic E-state index is 0.121. The molecular formula is C12H14Cl2N2O4. The molecule has 0 atom stereocenters. The van der Waals surface area contributed by atoms with Crippen LogP contribution >= 0.6 is 23.2 Å². The number of ether oxygens (including phenoxy) is 2. The van der Waals surface area contributed by atoms with E-state index in [-0.39, 0.29) is 25.0 Å². The summed E-state index contributed by atoms with van der Waals surface area (Å²) in [6.45, 7) is 0.242. The Kier molecular flexibility index (Phi) is 7.60. The number of amides is 2. The molecule has 0 aliphatic carbocycles. The summed E-state index contributed by atoms with van der Waals surface area (Å²) in [6.07, 6.45) is -1.24. The van der Waals surface area contributed by atoms with Gasteiger partial charge in [0.25, 0.3) is 0 Å². The zero-order valence-electron chi connectivity index (χ0n) is 10.5. The molecule has 0 saturated heterocycles. The topological polar surface area (TPSA) is 76.7 Å². The lowest BCUT2D eigenvalue weighted by atomic mass is 10.3. The maximum atomic E-state index is 11.3. The summed E-state index contributed by atoms with van der Waals surface area (Å²) < 4.78 is 9.52. The van der Waals surface area contributed by atoms with E-state index in [1.807, 2.05) is 0 Å². The normalized spacial score (nSPS) is 9.70. The molecule has 6 nitrogen and oxygen atoms in total. The van der Waals surface area contributed by atoms with E-state index in [0.717, 1.165) is 0 Å². The zero-order valence-corrected chi connectivity index (χ0v) is 12.0. The lowest BCUT2D eigenvalue weighted by Crippen LogP contribution is -2.16. The fourth-order valence-electron chi connectivity index (χ4n) is 1.25.